The number of hydrogen-bond donors (Lipinski definition) is 2. The first-order valence-corrected chi connectivity index (χ1v) is 10.2. The van der Waals surface area contributed by atoms with Crippen LogP contribution in [-0.2, 0) is 6.61 Å². The van der Waals surface area contributed by atoms with E-state index in [9.17, 15) is 18.7 Å². The van der Waals surface area contributed by atoms with E-state index < -0.39 is 17.5 Å². The molecule has 0 aliphatic rings. The summed E-state index contributed by atoms with van der Waals surface area (Å²) < 4.78 is 37.7. The van der Waals surface area contributed by atoms with Crippen LogP contribution in [0.4, 0.5) is 8.78 Å². The maximum absolute atomic E-state index is 13.8. The third-order valence-corrected chi connectivity index (χ3v) is 5.07. The van der Waals surface area contributed by atoms with E-state index in [1.807, 2.05) is 24.3 Å². The number of benzene rings is 4. The van der Waals surface area contributed by atoms with Crippen molar-refractivity contribution in [3.8, 4) is 17.2 Å². The molecule has 4 aromatic carbocycles. The number of fused-ring (bicyclic) bond motifs is 1. The van der Waals surface area contributed by atoms with Crippen LogP contribution in [0.1, 0.15) is 21.5 Å². The summed E-state index contributed by atoms with van der Waals surface area (Å²) in [5, 5.41) is 15.8. The van der Waals surface area contributed by atoms with E-state index in [0.717, 1.165) is 22.9 Å². The number of nitrogens with one attached hydrogen (secondary N) is 1. The van der Waals surface area contributed by atoms with Gasteiger partial charge in [-0.05, 0) is 58.8 Å². The molecule has 0 atom stereocenters. The molecule has 0 fully saturated rings. The summed E-state index contributed by atoms with van der Waals surface area (Å²) in [5.74, 6) is -1.81. The lowest BCUT2D eigenvalue weighted by Gasteiger charge is -2.11. The van der Waals surface area contributed by atoms with Gasteiger partial charge in [-0.25, -0.2) is 14.2 Å². The number of ether oxygens (including phenoxy) is 2. The van der Waals surface area contributed by atoms with Crippen LogP contribution in [0.5, 0.6) is 17.2 Å². The average molecular weight is 462 g/mol. The number of phenols is 1. The van der Waals surface area contributed by atoms with Crippen molar-refractivity contribution in [3.05, 3.63) is 101 Å². The minimum Gasteiger partial charge on any atom is -0.507 e. The van der Waals surface area contributed by atoms with Crippen molar-refractivity contribution in [1.82, 2.24) is 5.43 Å². The highest BCUT2D eigenvalue weighted by atomic mass is 19.1. The summed E-state index contributed by atoms with van der Waals surface area (Å²) in [6.45, 7) is -0.0370. The first kappa shape index (κ1) is 22.7. The summed E-state index contributed by atoms with van der Waals surface area (Å²) in [7, 11) is 1.49. The molecular weight excluding hydrogens is 442 g/mol. The van der Waals surface area contributed by atoms with E-state index in [-0.39, 0.29) is 23.7 Å². The Morgan fingerprint density at radius 3 is 2.47 bits per heavy atom. The number of amides is 1. The summed E-state index contributed by atoms with van der Waals surface area (Å²) >= 11 is 0. The molecule has 0 saturated carbocycles. The monoisotopic (exact) mass is 462 g/mol. The Hall–Kier alpha value is -4.46. The third kappa shape index (κ3) is 5.12. The molecule has 0 aliphatic carbocycles. The topological polar surface area (TPSA) is 80.2 Å². The molecule has 0 heterocycles. The number of hydrazone groups is 1. The minimum absolute atomic E-state index is 0.0370. The molecule has 0 aromatic heterocycles. The molecule has 0 bridgehead atoms. The molecule has 0 unspecified atom stereocenters. The molecule has 0 radical (unpaired) electrons. The number of hydrogen-bond acceptors (Lipinski definition) is 5. The molecule has 8 heteroatoms. The Morgan fingerprint density at radius 1 is 1.00 bits per heavy atom. The lowest BCUT2D eigenvalue weighted by Crippen LogP contribution is -2.17. The van der Waals surface area contributed by atoms with E-state index in [1.54, 1.807) is 24.3 Å². The second-order valence-electron chi connectivity index (χ2n) is 7.35. The van der Waals surface area contributed by atoms with Crippen LogP contribution in [-0.4, -0.2) is 24.3 Å². The van der Waals surface area contributed by atoms with Gasteiger partial charge >= 0.3 is 0 Å². The first-order chi connectivity index (χ1) is 16.4. The van der Waals surface area contributed by atoms with Gasteiger partial charge in [-0.1, -0.05) is 24.3 Å². The summed E-state index contributed by atoms with van der Waals surface area (Å²) in [6, 6.07) is 18.6. The predicted octanol–water partition coefficient (Wildman–Crippen LogP) is 5.18. The van der Waals surface area contributed by atoms with Gasteiger partial charge in [0.25, 0.3) is 5.91 Å². The van der Waals surface area contributed by atoms with Crippen molar-refractivity contribution in [2.45, 2.75) is 6.61 Å². The second-order valence-corrected chi connectivity index (χ2v) is 7.35. The van der Waals surface area contributed by atoms with Crippen LogP contribution in [0.2, 0.25) is 0 Å². The molecule has 1 amide bonds. The number of carbonyl (C=O) groups excluding carboxylic acids is 1. The Kier molecular flexibility index (Phi) is 6.68. The molecule has 6 nitrogen and oxygen atoms in total. The average Bonchev–Trinajstić information content (AvgIpc) is 2.83. The van der Waals surface area contributed by atoms with Crippen molar-refractivity contribution in [2.24, 2.45) is 5.10 Å². The highest BCUT2D eigenvalue weighted by molar-refractivity contribution is 6.01. The number of methoxy groups -OCH3 is 1. The normalized spacial score (nSPS) is 11.0. The predicted molar refractivity (Wildman–Crippen MR) is 124 cm³/mol. The van der Waals surface area contributed by atoms with Gasteiger partial charge in [-0.15, -0.1) is 0 Å². The highest BCUT2D eigenvalue weighted by Crippen LogP contribution is 2.25. The highest BCUT2D eigenvalue weighted by Gasteiger charge is 2.12. The molecule has 0 spiro atoms. The lowest BCUT2D eigenvalue weighted by atomic mass is 10.1. The zero-order chi connectivity index (χ0) is 24.1. The quantitative estimate of drug-likeness (QED) is 0.293. The fraction of sp³-hybridized carbons (Fsp3) is 0.0769. The summed E-state index contributed by atoms with van der Waals surface area (Å²) in [6.07, 6.45) is 1.41. The van der Waals surface area contributed by atoms with Gasteiger partial charge in [-0.2, -0.15) is 5.10 Å². The Bertz CT molecular complexity index is 1390. The van der Waals surface area contributed by atoms with Gasteiger partial charge < -0.3 is 14.6 Å². The third-order valence-electron chi connectivity index (χ3n) is 5.07. The second kappa shape index (κ2) is 9.99. The molecule has 34 heavy (non-hydrogen) atoms. The zero-order valence-corrected chi connectivity index (χ0v) is 18.1. The molecule has 4 aromatic rings. The standard InChI is InChI=1S/C26H20F2N2O4/c1-33-24-8-6-16(10-19(24)15-34-25-9-7-20(27)13-22(25)28)14-29-30-26(32)21-11-17-4-2-3-5-18(17)12-23(21)31/h2-14,31H,15H2,1H3,(H,30,32)/b29-14+. The van der Waals surface area contributed by atoms with Crippen LogP contribution in [0.3, 0.4) is 0 Å². The van der Waals surface area contributed by atoms with Gasteiger partial charge in [0.2, 0.25) is 0 Å². The van der Waals surface area contributed by atoms with Gasteiger partial charge in [0.1, 0.15) is 23.9 Å². The minimum atomic E-state index is -0.809. The van der Waals surface area contributed by atoms with Gasteiger partial charge in [0.05, 0.1) is 18.9 Å². The molecule has 4 rings (SSSR count). The van der Waals surface area contributed by atoms with E-state index in [1.165, 1.54) is 25.5 Å². The number of phenolic OH excluding ortho intramolecular Hbond substituents is 1. The van der Waals surface area contributed by atoms with E-state index in [2.05, 4.69) is 10.5 Å². The van der Waals surface area contributed by atoms with Crippen molar-refractivity contribution in [1.29, 1.82) is 0 Å². The fourth-order valence-corrected chi connectivity index (χ4v) is 3.38. The van der Waals surface area contributed by atoms with Crippen LogP contribution in [0, 0.1) is 11.6 Å². The maximum Gasteiger partial charge on any atom is 0.275 e. The smallest absolute Gasteiger partial charge is 0.275 e. The number of nitrogens with zero attached hydrogens (tertiary/aromatic N) is 1. The summed E-state index contributed by atoms with van der Waals surface area (Å²) in [4.78, 5) is 12.5. The van der Waals surface area contributed by atoms with Gasteiger partial charge in [0.15, 0.2) is 11.6 Å². The number of rotatable bonds is 7. The Morgan fingerprint density at radius 2 is 1.74 bits per heavy atom. The van der Waals surface area contributed by atoms with Gasteiger partial charge in [-0.3, -0.25) is 4.79 Å². The van der Waals surface area contributed by atoms with Gasteiger partial charge in [0, 0.05) is 11.6 Å². The molecular formula is C26H20F2N2O4. The first-order valence-electron chi connectivity index (χ1n) is 10.2. The van der Waals surface area contributed by atoms with Crippen LogP contribution in [0.25, 0.3) is 10.8 Å². The Labute approximate surface area is 194 Å². The molecule has 2 N–H and O–H groups in total. The van der Waals surface area contributed by atoms with E-state index in [4.69, 9.17) is 9.47 Å². The molecule has 172 valence electrons. The van der Waals surface area contributed by atoms with E-state index >= 15 is 0 Å². The zero-order valence-electron chi connectivity index (χ0n) is 18.1. The van der Waals surface area contributed by atoms with Crippen molar-refractivity contribution in [3.63, 3.8) is 0 Å². The number of carbonyl (C=O) groups is 1. The van der Waals surface area contributed by atoms with Crippen LogP contribution < -0.4 is 14.9 Å². The van der Waals surface area contributed by atoms with Crippen LogP contribution >= 0.6 is 0 Å². The van der Waals surface area contributed by atoms with Crippen molar-refractivity contribution in [2.75, 3.05) is 7.11 Å². The summed E-state index contributed by atoms with van der Waals surface area (Å²) in [5.41, 5.74) is 3.70. The SMILES string of the molecule is COc1ccc(/C=N/NC(=O)c2cc3ccccc3cc2O)cc1COc1ccc(F)cc1F. The van der Waals surface area contributed by atoms with Crippen molar-refractivity contribution < 1.29 is 28.2 Å². The molecule has 0 saturated heterocycles. The largest absolute Gasteiger partial charge is 0.507 e. The molecule has 0 aliphatic heterocycles. The lowest BCUT2D eigenvalue weighted by molar-refractivity contribution is 0.0952. The number of halogens is 2. The Balaban J connectivity index is 1.46. The fourth-order valence-electron chi connectivity index (χ4n) is 3.38. The van der Waals surface area contributed by atoms with Crippen LogP contribution in [0.15, 0.2) is 77.9 Å². The maximum atomic E-state index is 13.8. The number of aromatic hydroxyl groups is 1. The van der Waals surface area contributed by atoms with E-state index in [0.29, 0.717) is 16.9 Å². The van der Waals surface area contributed by atoms with Crippen molar-refractivity contribution >= 4 is 22.9 Å².